The lowest BCUT2D eigenvalue weighted by atomic mass is 9.42. The Labute approximate surface area is 148 Å². The number of ketones is 1. The average molecular weight is 329 g/mol. The van der Waals surface area contributed by atoms with Crippen LogP contribution < -0.4 is 0 Å². The van der Waals surface area contributed by atoms with Crippen LogP contribution in [0.15, 0.2) is 0 Å². The summed E-state index contributed by atoms with van der Waals surface area (Å²) in [6, 6.07) is 0. The molecular formula is C23H36O. The summed E-state index contributed by atoms with van der Waals surface area (Å²) in [5, 5.41) is 0. The zero-order valence-electron chi connectivity index (χ0n) is 16.5. The lowest BCUT2D eigenvalue weighted by molar-refractivity contribution is -0.153. The molecule has 5 aliphatic carbocycles. The first-order chi connectivity index (χ1) is 11.1. The Bertz CT molecular complexity index is 620. The predicted molar refractivity (Wildman–Crippen MR) is 97.6 cm³/mol. The Hall–Kier alpha value is -0.330. The van der Waals surface area contributed by atoms with Crippen LogP contribution in [0.1, 0.15) is 92.4 Å². The molecule has 0 aliphatic heterocycles. The maximum atomic E-state index is 12.8. The van der Waals surface area contributed by atoms with Crippen LogP contribution in [0, 0.1) is 44.8 Å². The van der Waals surface area contributed by atoms with Gasteiger partial charge in [-0.05, 0) is 90.8 Å². The Morgan fingerprint density at radius 3 is 2.25 bits per heavy atom. The van der Waals surface area contributed by atoms with Crippen molar-refractivity contribution in [1.82, 2.24) is 0 Å². The van der Waals surface area contributed by atoms with Gasteiger partial charge in [0.15, 0.2) is 0 Å². The molecule has 0 aromatic heterocycles. The highest BCUT2D eigenvalue weighted by Crippen LogP contribution is 2.88. The van der Waals surface area contributed by atoms with Gasteiger partial charge in [0, 0.05) is 11.8 Å². The summed E-state index contributed by atoms with van der Waals surface area (Å²) in [4.78, 5) is 12.8. The molecule has 5 saturated carbocycles. The molecule has 0 amide bonds. The molecule has 5 rings (SSSR count). The lowest BCUT2D eigenvalue weighted by Crippen LogP contribution is -2.56. The molecule has 0 heterocycles. The van der Waals surface area contributed by atoms with Crippen LogP contribution in [0.4, 0.5) is 0 Å². The second-order valence-electron chi connectivity index (χ2n) is 11.6. The molecule has 0 N–H and O–H groups in total. The van der Waals surface area contributed by atoms with E-state index in [4.69, 9.17) is 0 Å². The molecule has 0 saturated heterocycles. The van der Waals surface area contributed by atoms with E-state index in [-0.39, 0.29) is 5.41 Å². The molecule has 24 heavy (non-hydrogen) atoms. The molecule has 0 radical (unpaired) electrons. The normalized spacial score (nSPS) is 60.7. The fraction of sp³-hybridized carbons (Fsp3) is 0.957. The van der Waals surface area contributed by atoms with Gasteiger partial charge in [0.25, 0.3) is 0 Å². The van der Waals surface area contributed by atoms with Gasteiger partial charge < -0.3 is 0 Å². The maximum Gasteiger partial charge on any atom is 0.139 e. The number of hydrogen-bond donors (Lipinski definition) is 0. The summed E-state index contributed by atoms with van der Waals surface area (Å²) >= 11 is 0. The third-order valence-corrected chi connectivity index (χ3v) is 11.4. The molecule has 5 aliphatic rings. The molecule has 0 aromatic rings. The number of rotatable bonds is 0. The van der Waals surface area contributed by atoms with Crippen molar-refractivity contribution in [2.75, 3.05) is 0 Å². The standard InChI is InChI=1S/C23H36O/c1-15-8-11-22-14-23(22)13-12-21(5)18(24)9-10-20(21,4)17(23)7-6-16(22)19(15,2)3/h15-17H,6-14H2,1-5H3/t15-,16-,17-,20-,21+,22+,23-/m0/s1. The van der Waals surface area contributed by atoms with Crippen LogP contribution in [0.3, 0.4) is 0 Å². The van der Waals surface area contributed by atoms with Crippen molar-refractivity contribution in [3.8, 4) is 0 Å². The highest BCUT2D eigenvalue weighted by Gasteiger charge is 2.81. The molecule has 2 spiro atoms. The molecule has 1 heteroatoms. The number of hydrogen-bond acceptors (Lipinski definition) is 1. The fourth-order valence-electron chi connectivity index (χ4n) is 9.27. The van der Waals surface area contributed by atoms with Crippen LogP contribution >= 0.6 is 0 Å². The first kappa shape index (κ1) is 15.9. The molecule has 7 atom stereocenters. The monoisotopic (exact) mass is 328 g/mol. The summed E-state index contributed by atoms with van der Waals surface area (Å²) in [7, 11) is 0. The van der Waals surface area contributed by atoms with Crippen LogP contribution in [-0.4, -0.2) is 5.78 Å². The Morgan fingerprint density at radius 2 is 1.50 bits per heavy atom. The van der Waals surface area contributed by atoms with Crippen molar-refractivity contribution in [3.63, 3.8) is 0 Å². The smallest absolute Gasteiger partial charge is 0.139 e. The van der Waals surface area contributed by atoms with E-state index in [9.17, 15) is 4.79 Å². The van der Waals surface area contributed by atoms with Crippen molar-refractivity contribution in [2.24, 2.45) is 44.8 Å². The molecule has 0 unspecified atom stereocenters. The molecular weight excluding hydrogens is 292 g/mol. The van der Waals surface area contributed by atoms with E-state index in [2.05, 4.69) is 34.6 Å². The minimum absolute atomic E-state index is 0.00297. The van der Waals surface area contributed by atoms with Crippen LogP contribution in [0.25, 0.3) is 0 Å². The van der Waals surface area contributed by atoms with Gasteiger partial charge in [0.1, 0.15) is 5.78 Å². The zero-order chi connectivity index (χ0) is 17.2. The van der Waals surface area contributed by atoms with Gasteiger partial charge in [-0.25, -0.2) is 0 Å². The van der Waals surface area contributed by atoms with E-state index in [1.165, 1.54) is 51.4 Å². The van der Waals surface area contributed by atoms with E-state index in [1.54, 1.807) is 0 Å². The van der Waals surface area contributed by atoms with E-state index in [0.717, 1.165) is 24.2 Å². The average Bonchev–Trinajstić information content (AvgIpc) is 3.14. The van der Waals surface area contributed by atoms with E-state index >= 15 is 0 Å². The quantitative estimate of drug-likeness (QED) is 0.532. The topological polar surface area (TPSA) is 17.1 Å². The third-order valence-electron chi connectivity index (χ3n) is 11.4. The minimum Gasteiger partial charge on any atom is -0.299 e. The summed E-state index contributed by atoms with van der Waals surface area (Å²) < 4.78 is 0. The Morgan fingerprint density at radius 1 is 0.833 bits per heavy atom. The second-order valence-corrected chi connectivity index (χ2v) is 11.6. The molecule has 0 aromatic carbocycles. The molecule has 1 nitrogen and oxygen atoms in total. The molecule has 134 valence electrons. The summed E-state index contributed by atoms with van der Waals surface area (Å²) in [5.74, 6) is 3.24. The third kappa shape index (κ3) is 1.39. The van der Waals surface area contributed by atoms with Crippen LogP contribution in [0.2, 0.25) is 0 Å². The van der Waals surface area contributed by atoms with Crippen molar-refractivity contribution in [2.45, 2.75) is 92.4 Å². The highest BCUT2D eigenvalue weighted by molar-refractivity contribution is 5.88. The zero-order valence-corrected chi connectivity index (χ0v) is 16.5. The first-order valence-corrected chi connectivity index (χ1v) is 10.7. The Kier molecular flexibility index (Phi) is 2.74. The predicted octanol–water partition coefficient (Wildman–Crippen LogP) is 6.01. The van der Waals surface area contributed by atoms with Crippen molar-refractivity contribution in [3.05, 3.63) is 0 Å². The van der Waals surface area contributed by atoms with Gasteiger partial charge >= 0.3 is 0 Å². The van der Waals surface area contributed by atoms with Gasteiger partial charge in [-0.2, -0.15) is 0 Å². The largest absolute Gasteiger partial charge is 0.299 e. The van der Waals surface area contributed by atoms with E-state index in [1.807, 2.05) is 0 Å². The van der Waals surface area contributed by atoms with Crippen LogP contribution in [0.5, 0.6) is 0 Å². The summed E-state index contributed by atoms with van der Waals surface area (Å²) in [6.45, 7) is 12.5. The Balaban J connectivity index is 1.57. The van der Waals surface area contributed by atoms with Crippen LogP contribution in [-0.2, 0) is 4.79 Å². The van der Waals surface area contributed by atoms with Gasteiger partial charge in [-0.1, -0.05) is 34.6 Å². The lowest BCUT2D eigenvalue weighted by Gasteiger charge is -2.62. The fourth-order valence-corrected chi connectivity index (χ4v) is 9.27. The van der Waals surface area contributed by atoms with Gasteiger partial charge in [0.05, 0.1) is 0 Å². The number of fused-ring (bicyclic) bond motifs is 2. The summed E-state index contributed by atoms with van der Waals surface area (Å²) in [6.07, 6.45) is 11.8. The number of Topliss-reactive ketones (excluding diaryl/α,β-unsaturated/α-hetero) is 1. The second kappa shape index (κ2) is 4.15. The van der Waals surface area contributed by atoms with Crippen molar-refractivity contribution >= 4 is 5.78 Å². The van der Waals surface area contributed by atoms with Crippen molar-refractivity contribution in [1.29, 1.82) is 0 Å². The van der Waals surface area contributed by atoms with Gasteiger partial charge in [0.2, 0.25) is 0 Å². The van der Waals surface area contributed by atoms with E-state index < -0.39 is 0 Å². The molecule has 5 fully saturated rings. The van der Waals surface area contributed by atoms with Gasteiger partial charge in [-0.15, -0.1) is 0 Å². The maximum absolute atomic E-state index is 12.8. The SMILES string of the molecule is C[C@H]1CC[C@]23C[C@]24CC[C@]2(C)C(=O)CC[C@@]2(C)[C@@H]4CC[C@H]3C1(C)C. The number of carbonyl (C=O) groups is 1. The molecule has 0 bridgehead atoms. The highest BCUT2D eigenvalue weighted by atomic mass is 16.1. The minimum atomic E-state index is -0.00297. The first-order valence-electron chi connectivity index (χ1n) is 10.7. The van der Waals surface area contributed by atoms with E-state index in [0.29, 0.717) is 27.4 Å². The van der Waals surface area contributed by atoms with Gasteiger partial charge in [-0.3, -0.25) is 4.79 Å². The number of carbonyl (C=O) groups excluding carboxylic acids is 1. The summed E-state index contributed by atoms with van der Waals surface area (Å²) in [5.41, 5.74) is 2.08. The van der Waals surface area contributed by atoms with Crippen molar-refractivity contribution < 1.29 is 4.79 Å².